The molecule has 4 nitrogen and oxygen atoms in total. The van der Waals surface area contributed by atoms with E-state index in [2.05, 4.69) is 22.4 Å². The first-order valence-electron chi connectivity index (χ1n) is 7.22. The Morgan fingerprint density at radius 1 is 1.38 bits per heavy atom. The van der Waals surface area contributed by atoms with E-state index in [1.807, 2.05) is 39.0 Å². The number of fused-ring (bicyclic) bond motifs is 1. The minimum absolute atomic E-state index is 0.199. The van der Waals surface area contributed by atoms with E-state index >= 15 is 0 Å². The highest BCUT2D eigenvalue weighted by atomic mass is 32.2. The molecule has 0 spiro atoms. The van der Waals surface area contributed by atoms with Crippen molar-refractivity contribution in [1.82, 2.24) is 10.3 Å². The van der Waals surface area contributed by atoms with Crippen molar-refractivity contribution in [2.24, 2.45) is 0 Å². The molecule has 0 bridgehead atoms. The van der Waals surface area contributed by atoms with Crippen LogP contribution in [0.5, 0.6) is 0 Å². The van der Waals surface area contributed by atoms with Crippen molar-refractivity contribution < 1.29 is 9.53 Å². The predicted octanol–water partition coefficient (Wildman–Crippen LogP) is 3.19. The number of likely N-dealkylation sites (N-methyl/N-ethyl adjacent to an activating group) is 1. The molecule has 1 aromatic heterocycles. The van der Waals surface area contributed by atoms with Crippen LogP contribution in [0.4, 0.5) is 0 Å². The monoisotopic (exact) mass is 306 g/mol. The van der Waals surface area contributed by atoms with Gasteiger partial charge in [-0.1, -0.05) is 25.1 Å². The molecule has 2 aromatic rings. The maximum Gasteiger partial charge on any atom is 0.326 e. The average molecular weight is 306 g/mol. The number of hydrogen-bond acceptors (Lipinski definition) is 4. The largest absolute Gasteiger partial charge is 0.465 e. The summed E-state index contributed by atoms with van der Waals surface area (Å²) in [6.45, 7) is 6.84. The van der Waals surface area contributed by atoms with Gasteiger partial charge in [0.15, 0.2) is 0 Å². The number of ether oxygens (including phenoxy) is 1. The zero-order chi connectivity index (χ0) is 15.3. The van der Waals surface area contributed by atoms with Gasteiger partial charge < -0.3 is 15.0 Å². The van der Waals surface area contributed by atoms with Gasteiger partial charge >= 0.3 is 5.97 Å². The Kier molecular flexibility index (Phi) is 5.31. The number of thioether (sulfide) groups is 1. The summed E-state index contributed by atoms with van der Waals surface area (Å²) in [6.07, 6.45) is 0. The Morgan fingerprint density at radius 3 is 2.81 bits per heavy atom. The topological polar surface area (TPSA) is 54.1 Å². The van der Waals surface area contributed by atoms with Crippen LogP contribution in [0.3, 0.4) is 0 Å². The normalized spacial score (nSPS) is 14.0. The summed E-state index contributed by atoms with van der Waals surface area (Å²) >= 11 is 1.63. The van der Waals surface area contributed by atoms with Crippen molar-refractivity contribution in [3.05, 3.63) is 30.3 Å². The molecule has 21 heavy (non-hydrogen) atoms. The van der Waals surface area contributed by atoms with Crippen LogP contribution >= 0.6 is 11.8 Å². The number of nitrogens with one attached hydrogen (secondary N) is 2. The van der Waals surface area contributed by atoms with Crippen LogP contribution in [0.15, 0.2) is 35.4 Å². The van der Waals surface area contributed by atoms with Crippen LogP contribution in [-0.4, -0.2) is 35.4 Å². The Bertz CT molecular complexity index is 578. The molecular formula is C16H22N2O2S. The third kappa shape index (κ3) is 3.80. The molecule has 0 radical (unpaired) electrons. The molecule has 2 rings (SSSR count). The molecule has 0 saturated heterocycles. The number of rotatable bonds is 7. The fraction of sp³-hybridized carbons (Fsp3) is 0.438. The lowest BCUT2D eigenvalue weighted by Crippen LogP contribution is -2.52. The summed E-state index contributed by atoms with van der Waals surface area (Å²) in [5, 5.41) is 5.48. The molecular weight excluding hydrogens is 284 g/mol. The molecule has 0 saturated carbocycles. The number of carbonyl (C=O) groups is 1. The van der Waals surface area contributed by atoms with Crippen LogP contribution < -0.4 is 5.32 Å². The van der Waals surface area contributed by atoms with Gasteiger partial charge in [0, 0.05) is 16.7 Å². The van der Waals surface area contributed by atoms with Crippen molar-refractivity contribution in [2.75, 3.05) is 18.9 Å². The molecule has 0 aliphatic carbocycles. The lowest BCUT2D eigenvalue weighted by Gasteiger charge is -2.27. The highest BCUT2D eigenvalue weighted by molar-refractivity contribution is 7.99. The molecule has 2 N–H and O–H groups in total. The third-order valence-electron chi connectivity index (χ3n) is 3.31. The smallest absolute Gasteiger partial charge is 0.326 e. The number of aromatic nitrogens is 1. The molecule has 0 aliphatic rings. The maximum absolute atomic E-state index is 12.1. The van der Waals surface area contributed by atoms with E-state index in [4.69, 9.17) is 4.74 Å². The first kappa shape index (κ1) is 15.9. The molecule has 1 atom stereocenters. The number of carbonyl (C=O) groups excluding carboxylic acids is 1. The van der Waals surface area contributed by atoms with E-state index in [-0.39, 0.29) is 5.97 Å². The minimum atomic E-state index is -0.674. The lowest BCUT2D eigenvalue weighted by atomic mass is 10.1. The van der Waals surface area contributed by atoms with Crippen LogP contribution in [0.2, 0.25) is 0 Å². The first-order valence-corrected chi connectivity index (χ1v) is 8.20. The van der Waals surface area contributed by atoms with Gasteiger partial charge in [-0.05, 0) is 32.5 Å². The fourth-order valence-corrected chi connectivity index (χ4v) is 3.27. The molecule has 0 fully saturated rings. The van der Waals surface area contributed by atoms with Gasteiger partial charge in [0.05, 0.1) is 11.6 Å². The summed E-state index contributed by atoms with van der Waals surface area (Å²) < 4.78 is 5.18. The van der Waals surface area contributed by atoms with E-state index in [1.54, 1.807) is 11.8 Å². The second-order valence-electron chi connectivity index (χ2n) is 5.09. The maximum atomic E-state index is 12.1. The zero-order valence-corrected chi connectivity index (χ0v) is 13.5. The van der Waals surface area contributed by atoms with Crippen molar-refractivity contribution in [2.45, 2.75) is 31.3 Å². The first-order chi connectivity index (χ1) is 10.1. The number of para-hydroxylation sites is 1. The van der Waals surface area contributed by atoms with Gasteiger partial charge in [-0.15, -0.1) is 11.8 Å². The van der Waals surface area contributed by atoms with Gasteiger partial charge in [-0.3, -0.25) is 4.79 Å². The molecule has 1 aromatic carbocycles. The van der Waals surface area contributed by atoms with Crippen molar-refractivity contribution in [3.8, 4) is 0 Å². The van der Waals surface area contributed by atoms with E-state index < -0.39 is 5.54 Å². The highest BCUT2D eigenvalue weighted by Crippen LogP contribution is 2.26. The lowest BCUT2D eigenvalue weighted by molar-refractivity contribution is -0.149. The SMILES string of the molecule is CCNC(C)(CSc1cc2ccccc2[nH]1)C(=O)OCC. The second kappa shape index (κ2) is 7.00. The molecule has 5 heteroatoms. The molecule has 1 heterocycles. The predicted molar refractivity (Wildman–Crippen MR) is 87.7 cm³/mol. The molecule has 0 amide bonds. The Hall–Kier alpha value is -1.46. The molecule has 114 valence electrons. The van der Waals surface area contributed by atoms with Crippen molar-refractivity contribution in [3.63, 3.8) is 0 Å². The molecule has 0 aliphatic heterocycles. The van der Waals surface area contributed by atoms with E-state index in [9.17, 15) is 4.79 Å². The van der Waals surface area contributed by atoms with E-state index in [0.717, 1.165) is 17.1 Å². The number of hydrogen-bond donors (Lipinski definition) is 2. The van der Waals surface area contributed by atoms with Gasteiger partial charge in [0.25, 0.3) is 0 Å². The third-order valence-corrected chi connectivity index (χ3v) is 4.57. The highest BCUT2D eigenvalue weighted by Gasteiger charge is 2.34. The van der Waals surface area contributed by atoms with Gasteiger partial charge in [0.2, 0.25) is 0 Å². The minimum Gasteiger partial charge on any atom is -0.465 e. The van der Waals surface area contributed by atoms with Crippen LogP contribution in [-0.2, 0) is 9.53 Å². The summed E-state index contributed by atoms with van der Waals surface area (Å²) in [5.41, 5.74) is 0.438. The second-order valence-corrected chi connectivity index (χ2v) is 6.11. The van der Waals surface area contributed by atoms with E-state index in [0.29, 0.717) is 12.4 Å². The Balaban J connectivity index is 2.08. The number of benzene rings is 1. The number of aromatic amines is 1. The van der Waals surface area contributed by atoms with Crippen LogP contribution in [0.1, 0.15) is 20.8 Å². The summed E-state index contributed by atoms with van der Waals surface area (Å²) in [7, 11) is 0. The summed E-state index contributed by atoms with van der Waals surface area (Å²) in [6, 6.07) is 10.3. The zero-order valence-electron chi connectivity index (χ0n) is 12.7. The van der Waals surface area contributed by atoms with Gasteiger partial charge in [-0.2, -0.15) is 0 Å². The van der Waals surface area contributed by atoms with E-state index in [1.165, 1.54) is 5.39 Å². The fourth-order valence-electron chi connectivity index (χ4n) is 2.21. The average Bonchev–Trinajstić information content (AvgIpc) is 2.88. The quantitative estimate of drug-likeness (QED) is 0.609. The Morgan fingerprint density at radius 2 is 2.14 bits per heavy atom. The van der Waals surface area contributed by atoms with Crippen LogP contribution in [0, 0.1) is 0 Å². The van der Waals surface area contributed by atoms with Crippen molar-refractivity contribution >= 4 is 28.6 Å². The number of esters is 1. The Labute approximate surface area is 129 Å². The van der Waals surface area contributed by atoms with Gasteiger partial charge in [0.1, 0.15) is 5.54 Å². The number of H-pyrrole nitrogens is 1. The van der Waals surface area contributed by atoms with Crippen molar-refractivity contribution in [1.29, 1.82) is 0 Å². The van der Waals surface area contributed by atoms with Crippen LogP contribution in [0.25, 0.3) is 10.9 Å². The summed E-state index contributed by atoms with van der Waals surface area (Å²) in [4.78, 5) is 15.5. The standard InChI is InChI=1S/C16H22N2O2S/c1-4-17-16(3,15(19)20-5-2)11-21-14-10-12-8-6-7-9-13(12)18-14/h6-10,17-18H,4-5,11H2,1-3H3. The van der Waals surface area contributed by atoms with Gasteiger partial charge in [-0.25, -0.2) is 0 Å². The summed E-state index contributed by atoms with van der Waals surface area (Å²) in [5.74, 6) is 0.419. The molecule has 1 unspecified atom stereocenters.